The van der Waals surface area contributed by atoms with Crippen LogP contribution in [0, 0.1) is 16.2 Å². The second kappa shape index (κ2) is 14.4. The summed E-state index contributed by atoms with van der Waals surface area (Å²) < 4.78 is 6.03. The quantitative estimate of drug-likeness (QED) is 0.146. The van der Waals surface area contributed by atoms with Crippen molar-refractivity contribution in [3.05, 3.63) is 12.2 Å². The van der Waals surface area contributed by atoms with Crippen LogP contribution in [0.5, 0.6) is 0 Å². The molecular formula is C30H58N2O6S. The molecular weight excluding hydrogens is 516 g/mol. The molecule has 0 spiro atoms. The summed E-state index contributed by atoms with van der Waals surface area (Å²) in [6.07, 6.45) is -0.435. The first-order valence-corrected chi connectivity index (χ1v) is 14.7. The number of aliphatic hydroxyl groups is 5. The molecule has 1 aliphatic rings. The first-order valence-electron chi connectivity index (χ1n) is 14.3. The normalized spacial score (nSPS) is 25.8. The molecule has 0 bridgehead atoms. The maximum atomic E-state index is 11.3. The number of aliphatic hydroxyl groups excluding tert-OH is 5. The summed E-state index contributed by atoms with van der Waals surface area (Å²) in [6.45, 7) is 21.0. The van der Waals surface area contributed by atoms with Crippen LogP contribution in [0.2, 0.25) is 0 Å². The zero-order valence-corrected chi connectivity index (χ0v) is 26.8. The van der Waals surface area contributed by atoms with Crippen molar-refractivity contribution in [2.24, 2.45) is 16.2 Å². The van der Waals surface area contributed by atoms with Gasteiger partial charge in [-0.3, -0.25) is 0 Å². The van der Waals surface area contributed by atoms with Crippen molar-refractivity contribution in [1.29, 1.82) is 0 Å². The van der Waals surface area contributed by atoms with E-state index in [1.54, 1.807) is 6.08 Å². The smallest absolute Gasteiger partial charge is 0.167 e. The molecule has 0 radical (unpaired) electrons. The van der Waals surface area contributed by atoms with Crippen LogP contribution in [-0.4, -0.2) is 85.5 Å². The SMILES string of the molecule is CC(C)(C)CC(C)(C)NC(=S)NC(COC1CC=CCC(O)C(O)C1O)C(O)CC(O)C(C)(C)CC(C)(C)C. The van der Waals surface area contributed by atoms with Crippen LogP contribution in [-0.2, 0) is 4.74 Å². The fraction of sp³-hybridized carbons (Fsp3) is 0.900. The van der Waals surface area contributed by atoms with E-state index < -0.39 is 48.1 Å². The van der Waals surface area contributed by atoms with Crippen LogP contribution in [0.4, 0.5) is 0 Å². The minimum Gasteiger partial charge on any atom is -0.392 e. The van der Waals surface area contributed by atoms with E-state index in [9.17, 15) is 25.5 Å². The predicted molar refractivity (Wildman–Crippen MR) is 161 cm³/mol. The van der Waals surface area contributed by atoms with Gasteiger partial charge in [0.15, 0.2) is 5.11 Å². The number of thiocarbonyl (C=S) groups is 1. The van der Waals surface area contributed by atoms with Gasteiger partial charge in [0.2, 0.25) is 0 Å². The molecule has 0 saturated heterocycles. The topological polar surface area (TPSA) is 134 Å². The van der Waals surface area contributed by atoms with Crippen LogP contribution in [0.15, 0.2) is 12.2 Å². The molecule has 0 aromatic rings. The minimum absolute atomic E-state index is 0.00752. The second-order valence-corrected chi connectivity index (χ2v) is 15.6. The van der Waals surface area contributed by atoms with Gasteiger partial charge >= 0.3 is 0 Å². The van der Waals surface area contributed by atoms with E-state index in [2.05, 4.69) is 66.0 Å². The third-order valence-corrected chi connectivity index (χ3v) is 7.31. The van der Waals surface area contributed by atoms with Crippen molar-refractivity contribution in [3.63, 3.8) is 0 Å². The Morgan fingerprint density at radius 1 is 0.872 bits per heavy atom. The summed E-state index contributed by atoms with van der Waals surface area (Å²) in [4.78, 5) is 0. The number of hydrogen-bond donors (Lipinski definition) is 7. The highest BCUT2D eigenvalue weighted by molar-refractivity contribution is 7.80. The van der Waals surface area contributed by atoms with Gasteiger partial charge in [0.1, 0.15) is 12.2 Å². The van der Waals surface area contributed by atoms with Gasteiger partial charge in [-0.15, -0.1) is 0 Å². The van der Waals surface area contributed by atoms with E-state index >= 15 is 0 Å². The van der Waals surface area contributed by atoms with Gasteiger partial charge in [-0.05, 0) is 68.0 Å². The van der Waals surface area contributed by atoms with E-state index in [4.69, 9.17) is 17.0 Å². The Hall–Kier alpha value is -0.810. The highest BCUT2D eigenvalue weighted by Crippen LogP contribution is 2.37. The standard InChI is InChI=1S/C30H58N2O6S/c1-27(2,3)17-29(7,8)23(35)15-21(34)19(31-26(39)32-30(9,10)18-28(4,5)6)16-38-22-14-12-11-13-20(33)24(36)25(22)37/h11-12,19-25,33-37H,13-18H2,1-10H3,(H2,31,32,39). The van der Waals surface area contributed by atoms with Crippen LogP contribution in [0.1, 0.15) is 101 Å². The fourth-order valence-corrected chi connectivity index (χ4v) is 6.34. The Labute approximate surface area is 242 Å². The van der Waals surface area contributed by atoms with Gasteiger partial charge in [-0.2, -0.15) is 0 Å². The molecule has 9 heteroatoms. The summed E-state index contributed by atoms with van der Waals surface area (Å²) in [5.74, 6) is 0. The molecule has 0 aromatic carbocycles. The largest absolute Gasteiger partial charge is 0.392 e. The first-order chi connectivity index (χ1) is 17.5. The molecule has 8 nitrogen and oxygen atoms in total. The van der Waals surface area contributed by atoms with Gasteiger partial charge in [0.05, 0.1) is 37.1 Å². The Morgan fingerprint density at radius 2 is 1.41 bits per heavy atom. The zero-order valence-electron chi connectivity index (χ0n) is 26.0. The average molecular weight is 575 g/mol. The van der Waals surface area contributed by atoms with Crippen molar-refractivity contribution in [1.82, 2.24) is 10.6 Å². The van der Waals surface area contributed by atoms with Gasteiger partial charge < -0.3 is 40.9 Å². The maximum Gasteiger partial charge on any atom is 0.167 e. The third kappa shape index (κ3) is 13.6. The summed E-state index contributed by atoms with van der Waals surface area (Å²) in [6, 6.07) is -0.695. The molecule has 0 amide bonds. The highest BCUT2D eigenvalue weighted by atomic mass is 32.1. The lowest BCUT2D eigenvalue weighted by atomic mass is 9.71. The summed E-state index contributed by atoms with van der Waals surface area (Å²) in [5, 5.41) is 60.3. The lowest BCUT2D eigenvalue weighted by molar-refractivity contribution is -0.129. The summed E-state index contributed by atoms with van der Waals surface area (Å²) in [5.41, 5.74) is -0.662. The van der Waals surface area contributed by atoms with Crippen LogP contribution >= 0.6 is 12.2 Å². The molecule has 0 aromatic heterocycles. The first kappa shape index (κ1) is 36.2. The summed E-state index contributed by atoms with van der Waals surface area (Å²) >= 11 is 5.63. The average Bonchev–Trinajstić information content (AvgIpc) is 2.71. The molecule has 230 valence electrons. The van der Waals surface area contributed by atoms with Crippen molar-refractivity contribution >= 4 is 17.3 Å². The number of ether oxygens (including phenoxy) is 1. The molecule has 0 aliphatic heterocycles. The Kier molecular flexibility index (Phi) is 13.4. The molecule has 0 saturated carbocycles. The molecule has 39 heavy (non-hydrogen) atoms. The van der Waals surface area contributed by atoms with Crippen molar-refractivity contribution in [2.75, 3.05) is 6.61 Å². The van der Waals surface area contributed by atoms with E-state index in [1.165, 1.54) is 0 Å². The molecule has 7 atom stereocenters. The molecule has 0 heterocycles. The van der Waals surface area contributed by atoms with Gasteiger partial charge in [0.25, 0.3) is 0 Å². The zero-order chi connectivity index (χ0) is 30.4. The van der Waals surface area contributed by atoms with Gasteiger partial charge in [-0.25, -0.2) is 0 Å². The predicted octanol–water partition coefficient (Wildman–Crippen LogP) is 3.43. The highest BCUT2D eigenvalue weighted by Gasteiger charge is 2.37. The fourth-order valence-electron chi connectivity index (χ4n) is 5.91. The summed E-state index contributed by atoms with van der Waals surface area (Å²) in [7, 11) is 0. The lowest BCUT2D eigenvalue weighted by Gasteiger charge is -2.39. The molecule has 1 aliphatic carbocycles. The molecule has 1 rings (SSSR count). The lowest BCUT2D eigenvalue weighted by Crippen LogP contribution is -2.56. The van der Waals surface area contributed by atoms with Crippen LogP contribution in [0.3, 0.4) is 0 Å². The minimum atomic E-state index is -1.35. The molecule has 0 fully saturated rings. The molecule has 7 unspecified atom stereocenters. The maximum absolute atomic E-state index is 11.3. The monoisotopic (exact) mass is 574 g/mol. The van der Waals surface area contributed by atoms with E-state index in [1.807, 2.05) is 19.9 Å². The van der Waals surface area contributed by atoms with Crippen molar-refractivity contribution in [3.8, 4) is 0 Å². The van der Waals surface area contributed by atoms with Crippen LogP contribution < -0.4 is 10.6 Å². The van der Waals surface area contributed by atoms with E-state index in [0.29, 0.717) is 11.5 Å². The van der Waals surface area contributed by atoms with E-state index in [-0.39, 0.29) is 35.8 Å². The number of rotatable bonds is 11. The van der Waals surface area contributed by atoms with Gasteiger partial charge in [-0.1, -0.05) is 67.5 Å². The van der Waals surface area contributed by atoms with Crippen molar-refractivity contribution in [2.45, 2.75) is 150 Å². The molecule has 7 N–H and O–H groups in total. The Balaban J connectivity index is 3.07. The van der Waals surface area contributed by atoms with Crippen molar-refractivity contribution < 1.29 is 30.3 Å². The second-order valence-electron chi connectivity index (χ2n) is 15.2. The number of nitrogens with one attached hydrogen (secondary N) is 2. The third-order valence-electron chi connectivity index (χ3n) is 7.09. The van der Waals surface area contributed by atoms with Gasteiger partial charge in [0, 0.05) is 12.0 Å². The Bertz CT molecular complexity index is 789. The van der Waals surface area contributed by atoms with E-state index in [0.717, 1.165) is 12.8 Å². The Morgan fingerprint density at radius 3 is 1.95 bits per heavy atom. The number of hydrogen-bond acceptors (Lipinski definition) is 7. The van der Waals surface area contributed by atoms with Crippen LogP contribution in [0.25, 0.3) is 0 Å².